The summed E-state index contributed by atoms with van der Waals surface area (Å²) in [5, 5.41) is 10.6. The molecule has 0 aromatic heterocycles. The Bertz CT molecular complexity index is 1000. The second kappa shape index (κ2) is 28.4. The van der Waals surface area contributed by atoms with E-state index in [-0.39, 0.29) is 166 Å². The van der Waals surface area contributed by atoms with E-state index in [4.69, 9.17) is 4.74 Å². The maximum Gasteiger partial charge on any atom is 1.00 e. The number of ketones is 3. The minimum atomic E-state index is -0.624. The average Bonchev–Trinajstić information content (AvgIpc) is 2.91. The molecule has 0 aliphatic rings. The predicted octanol–water partition coefficient (Wildman–Crippen LogP) is -0.914. The molecular formula is C31H45N3O7Rb2. The van der Waals surface area contributed by atoms with Crippen molar-refractivity contribution in [1.82, 2.24) is 5.32 Å². The summed E-state index contributed by atoms with van der Waals surface area (Å²) >= 11 is 0. The van der Waals surface area contributed by atoms with Crippen LogP contribution in [0.4, 0.5) is 5.69 Å². The Balaban J connectivity index is 0. The monoisotopic (exact) mass is 741 g/mol. The van der Waals surface area contributed by atoms with Gasteiger partial charge in [0, 0.05) is 51.4 Å². The standard InChI is InChI=1S/C31H47N3O7.2Rb/c1-4-9-25(28(37)5-2)10-6-7-16-32-29(38)11-8-18-41-19-17-33-30(39)22-31(40)34-26-14-12-24(13-15-26)21-27(36)20-23(3)35;;/h12-15,25H,4-11,16-22H2,1-3H3,(H3,32,33,34,38,39,40);;/q;2*+1/p-2. The van der Waals surface area contributed by atoms with Crippen LogP contribution in [0.25, 0.3) is 10.6 Å². The largest absolute Gasteiger partial charge is 1.00 e. The third kappa shape index (κ3) is 24.1. The van der Waals surface area contributed by atoms with Gasteiger partial charge < -0.3 is 30.3 Å². The number of hydrogen-bond donors (Lipinski definition) is 1. The number of nitrogens with one attached hydrogen (secondary N) is 1. The first-order chi connectivity index (χ1) is 19.6. The summed E-state index contributed by atoms with van der Waals surface area (Å²) in [6, 6.07) is 6.45. The Labute approximate surface area is 354 Å². The first-order valence-electron chi connectivity index (χ1n) is 14.6. The minimum absolute atomic E-state index is 0. The topological polar surface area (TPSA) is 152 Å². The van der Waals surface area contributed by atoms with Crippen molar-refractivity contribution in [1.29, 1.82) is 0 Å². The van der Waals surface area contributed by atoms with Gasteiger partial charge in [-0.15, -0.1) is 12.2 Å². The van der Waals surface area contributed by atoms with Crippen molar-refractivity contribution in [3.05, 3.63) is 40.5 Å². The van der Waals surface area contributed by atoms with Crippen LogP contribution in [-0.2, 0) is 39.9 Å². The number of Topliss-reactive ketones (excluding diaryl/α,β-unsaturated/α-hetero) is 3. The molecule has 0 heterocycles. The second-order valence-electron chi connectivity index (χ2n) is 10.1. The van der Waals surface area contributed by atoms with Gasteiger partial charge in [0.25, 0.3) is 0 Å². The SMILES string of the molecule is CCCC(CCCCNC(=O)CCCOCC[N-]C(=O)CC(=O)[N-]c1ccc(CC(=O)CC(C)=O)cc1)C(=O)CC.[Rb+].[Rb+]. The molecule has 0 spiro atoms. The Morgan fingerprint density at radius 2 is 1.56 bits per heavy atom. The first-order valence-corrected chi connectivity index (χ1v) is 14.6. The molecule has 12 heteroatoms. The summed E-state index contributed by atoms with van der Waals surface area (Å²) in [5.41, 5.74) is 1.07. The molecule has 0 aliphatic heterocycles. The maximum atomic E-state index is 12.0. The van der Waals surface area contributed by atoms with Gasteiger partial charge >= 0.3 is 116 Å². The molecule has 0 saturated heterocycles. The van der Waals surface area contributed by atoms with Crippen molar-refractivity contribution >= 4 is 40.8 Å². The number of hydrogen-bond acceptors (Lipinski definition) is 7. The van der Waals surface area contributed by atoms with E-state index in [1.54, 1.807) is 24.3 Å². The van der Waals surface area contributed by atoms with E-state index < -0.39 is 18.2 Å². The van der Waals surface area contributed by atoms with Crippen molar-refractivity contribution in [3.63, 3.8) is 0 Å². The zero-order chi connectivity index (χ0) is 30.5. The molecule has 228 valence electrons. The molecule has 1 unspecified atom stereocenters. The Morgan fingerprint density at radius 3 is 2.19 bits per heavy atom. The third-order valence-corrected chi connectivity index (χ3v) is 6.30. The van der Waals surface area contributed by atoms with Gasteiger partial charge in [-0.2, -0.15) is 0 Å². The first kappa shape index (κ1) is 45.3. The summed E-state index contributed by atoms with van der Waals surface area (Å²) in [5.74, 6) is -1.15. The number of carbonyl (C=O) groups is 6. The minimum Gasteiger partial charge on any atom is -0.651 e. The van der Waals surface area contributed by atoms with Crippen LogP contribution in [0.15, 0.2) is 24.3 Å². The number of unbranched alkanes of at least 4 members (excludes halogenated alkanes) is 1. The van der Waals surface area contributed by atoms with Gasteiger partial charge in [-0.3, -0.25) is 19.2 Å². The molecule has 0 aliphatic carbocycles. The molecule has 3 amide bonds. The van der Waals surface area contributed by atoms with Crippen molar-refractivity contribution in [2.75, 3.05) is 26.3 Å². The average molecular weight is 743 g/mol. The van der Waals surface area contributed by atoms with Crippen LogP contribution in [0.2, 0.25) is 0 Å². The van der Waals surface area contributed by atoms with E-state index >= 15 is 0 Å². The van der Waals surface area contributed by atoms with E-state index in [2.05, 4.69) is 22.9 Å². The van der Waals surface area contributed by atoms with Crippen molar-refractivity contribution in [2.45, 2.75) is 91.4 Å². The number of benzene rings is 1. The number of rotatable bonds is 23. The van der Waals surface area contributed by atoms with Crippen LogP contribution in [0, 0.1) is 5.92 Å². The molecule has 43 heavy (non-hydrogen) atoms. The smallest absolute Gasteiger partial charge is 0.651 e. The van der Waals surface area contributed by atoms with Crippen LogP contribution in [0.5, 0.6) is 0 Å². The number of amides is 3. The molecule has 1 rings (SSSR count). The van der Waals surface area contributed by atoms with Gasteiger partial charge in [0.1, 0.15) is 17.3 Å². The molecule has 0 fully saturated rings. The Hall–Kier alpha value is 0.210. The molecule has 0 radical (unpaired) electrons. The van der Waals surface area contributed by atoms with Gasteiger partial charge in [-0.1, -0.05) is 51.0 Å². The van der Waals surface area contributed by atoms with Crippen LogP contribution in [-0.4, -0.2) is 61.4 Å². The van der Waals surface area contributed by atoms with Gasteiger partial charge in [-0.05, 0) is 38.2 Å². The van der Waals surface area contributed by atoms with Crippen molar-refractivity contribution in [2.24, 2.45) is 5.92 Å². The third-order valence-electron chi connectivity index (χ3n) is 6.30. The van der Waals surface area contributed by atoms with Gasteiger partial charge in [-0.25, -0.2) is 0 Å². The maximum absolute atomic E-state index is 12.0. The van der Waals surface area contributed by atoms with Gasteiger partial charge in [0.2, 0.25) is 5.91 Å². The molecule has 0 saturated carbocycles. The summed E-state index contributed by atoms with van der Waals surface area (Å²) < 4.78 is 5.41. The van der Waals surface area contributed by atoms with Crippen LogP contribution < -0.4 is 122 Å². The Kier molecular flexibility index (Phi) is 30.0. The molecule has 10 nitrogen and oxygen atoms in total. The van der Waals surface area contributed by atoms with E-state index in [0.29, 0.717) is 49.4 Å². The number of nitrogens with zero attached hydrogens (tertiary/aromatic N) is 2. The fourth-order valence-electron chi connectivity index (χ4n) is 4.23. The molecule has 1 N–H and O–H groups in total. The van der Waals surface area contributed by atoms with E-state index in [1.807, 2.05) is 6.92 Å². The summed E-state index contributed by atoms with van der Waals surface area (Å²) in [6.45, 7) is 6.63. The van der Waals surface area contributed by atoms with Crippen LogP contribution >= 0.6 is 0 Å². The summed E-state index contributed by atoms with van der Waals surface area (Å²) in [7, 11) is 0. The quantitative estimate of drug-likeness (QED) is 0.113. The summed E-state index contributed by atoms with van der Waals surface area (Å²) in [6.07, 6.45) is 5.62. The fraction of sp³-hybridized carbons (Fsp3) is 0.613. The van der Waals surface area contributed by atoms with E-state index in [0.717, 1.165) is 32.1 Å². The second-order valence-corrected chi connectivity index (χ2v) is 10.1. The fourth-order valence-corrected chi connectivity index (χ4v) is 4.23. The van der Waals surface area contributed by atoms with Gasteiger partial charge in [0.05, 0.1) is 18.2 Å². The van der Waals surface area contributed by atoms with Crippen LogP contribution in [0.3, 0.4) is 0 Å². The number of ether oxygens (including phenoxy) is 1. The van der Waals surface area contributed by atoms with E-state index in [1.165, 1.54) is 6.92 Å². The molecule has 1 aromatic carbocycles. The zero-order valence-corrected chi connectivity index (χ0v) is 36.6. The Morgan fingerprint density at radius 1 is 0.860 bits per heavy atom. The van der Waals surface area contributed by atoms with Crippen molar-refractivity contribution in [3.8, 4) is 0 Å². The number of carbonyl (C=O) groups excluding carboxylic acids is 6. The zero-order valence-electron chi connectivity index (χ0n) is 26.7. The normalized spacial score (nSPS) is 10.9. The molecule has 1 atom stereocenters. The predicted molar refractivity (Wildman–Crippen MR) is 157 cm³/mol. The molecule has 0 bridgehead atoms. The van der Waals surface area contributed by atoms with Crippen molar-refractivity contribution < 1.29 is 150 Å². The molecular weight excluding hydrogens is 697 g/mol. The van der Waals surface area contributed by atoms with Crippen LogP contribution in [0.1, 0.15) is 90.5 Å². The molecule has 1 aromatic rings. The van der Waals surface area contributed by atoms with E-state index in [9.17, 15) is 28.8 Å². The van der Waals surface area contributed by atoms with Gasteiger partial charge in [0.15, 0.2) is 0 Å². The summed E-state index contributed by atoms with van der Waals surface area (Å²) in [4.78, 5) is 70.6.